The summed E-state index contributed by atoms with van der Waals surface area (Å²) < 4.78 is 52.7. The molecule has 0 aromatic heterocycles. The summed E-state index contributed by atoms with van der Waals surface area (Å²) in [5.41, 5.74) is -0.0889. The molecule has 1 fully saturated rings. The molecule has 2 amide bonds. The summed E-state index contributed by atoms with van der Waals surface area (Å²) in [6.07, 6.45) is 1.53. The number of rotatable bonds is 5. The van der Waals surface area contributed by atoms with Crippen LogP contribution in [0.25, 0.3) is 0 Å². The first-order valence-corrected chi connectivity index (χ1v) is 9.73. The number of urea groups is 1. The zero-order valence-corrected chi connectivity index (χ0v) is 15.1. The highest BCUT2D eigenvalue weighted by atomic mass is 32.2. The van der Waals surface area contributed by atoms with Crippen LogP contribution < -0.4 is 10.0 Å². The van der Waals surface area contributed by atoms with Crippen molar-refractivity contribution < 1.29 is 22.0 Å². The van der Waals surface area contributed by atoms with E-state index in [0.717, 1.165) is 18.9 Å². The number of halogens is 2. The summed E-state index contributed by atoms with van der Waals surface area (Å²) in [6, 6.07) is 2.45. The molecule has 0 spiro atoms. The van der Waals surface area contributed by atoms with Crippen molar-refractivity contribution in [1.82, 2.24) is 9.62 Å². The highest BCUT2D eigenvalue weighted by Gasteiger charge is 2.26. The fraction of sp³-hybridized carbons (Fsp3) is 0.562. The van der Waals surface area contributed by atoms with Gasteiger partial charge in [-0.1, -0.05) is 0 Å². The van der Waals surface area contributed by atoms with Crippen LogP contribution >= 0.6 is 0 Å². The standard InChI is InChI=1S/C16H23F2N3O3S/c1-11(2)25(23,24)19-9-12-4-3-7-21(10-12)16(22)20-15-6-5-13(17)8-14(15)18/h5-6,8,11-12,19H,3-4,7,9-10H2,1-2H3,(H,20,22)/t12-/m1/s1. The molecule has 0 bridgehead atoms. The van der Waals surface area contributed by atoms with E-state index in [2.05, 4.69) is 10.0 Å². The van der Waals surface area contributed by atoms with Gasteiger partial charge < -0.3 is 10.2 Å². The van der Waals surface area contributed by atoms with Crippen LogP contribution in [-0.4, -0.2) is 44.2 Å². The van der Waals surface area contributed by atoms with Crippen LogP contribution in [0.1, 0.15) is 26.7 Å². The molecule has 1 aromatic rings. The number of nitrogens with one attached hydrogen (secondary N) is 2. The van der Waals surface area contributed by atoms with E-state index in [1.807, 2.05) is 0 Å². The Labute approximate surface area is 146 Å². The molecule has 1 aliphatic heterocycles. The molecule has 1 aliphatic rings. The van der Waals surface area contributed by atoms with E-state index in [4.69, 9.17) is 0 Å². The third-order valence-corrected chi connectivity index (χ3v) is 5.98. The van der Waals surface area contributed by atoms with Crippen molar-refractivity contribution in [1.29, 1.82) is 0 Å². The molecule has 6 nitrogen and oxygen atoms in total. The molecular formula is C16H23F2N3O3S. The minimum Gasteiger partial charge on any atom is -0.324 e. The second-order valence-electron chi connectivity index (χ2n) is 6.45. The van der Waals surface area contributed by atoms with Gasteiger partial charge in [-0.05, 0) is 44.7 Å². The van der Waals surface area contributed by atoms with E-state index in [1.165, 1.54) is 11.0 Å². The van der Waals surface area contributed by atoms with Gasteiger partial charge in [0.25, 0.3) is 0 Å². The molecule has 1 atom stereocenters. The molecule has 0 saturated carbocycles. The van der Waals surface area contributed by atoms with Crippen LogP contribution in [0.2, 0.25) is 0 Å². The minimum atomic E-state index is -3.35. The SMILES string of the molecule is CC(C)S(=O)(=O)NC[C@H]1CCCN(C(=O)Nc2ccc(F)cc2F)C1. The number of nitrogens with zero attached hydrogens (tertiary/aromatic N) is 1. The van der Waals surface area contributed by atoms with Crippen molar-refractivity contribution in [3.8, 4) is 0 Å². The van der Waals surface area contributed by atoms with E-state index in [9.17, 15) is 22.0 Å². The van der Waals surface area contributed by atoms with Crippen molar-refractivity contribution >= 4 is 21.7 Å². The zero-order valence-electron chi connectivity index (χ0n) is 14.3. The molecule has 140 valence electrons. The van der Waals surface area contributed by atoms with E-state index >= 15 is 0 Å². The molecule has 0 unspecified atom stereocenters. The van der Waals surface area contributed by atoms with Crippen molar-refractivity contribution in [3.05, 3.63) is 29.8 Å². The van der Waals surface area contributed by atoms with Crippen molar-refractivity contribution in [2.24, 2.45) is 5.92 Å². The highest BCUT2D eigenvalue weighted by molar-refractivity contribution is 7.90. The average molecular weight is 375 g/mol. The predicted octanol–water partition coefficient (Wildman–Crippen LogP) is 2.54. The van der Waals surface area contributed by atoms with Gasteiger partial charge in [-0.2, -0.15) is 0 Å². The second kappa shape index (κ2) is 8.09. The summed E-state index contributed by atoms with van der Waals surface area (Å²) in [4.78, 5) is 13.8. The molecular weight excluding hydrogens is 352 g/mol. The Balaban J connectivity index is 1.92. The Kier molecular flexibility index (Phi) is 6.34. The summed E-state index contributed by atoms with van der Waals surface area (Å²) in [5, 5.41) is 1.91. The molecule has 2 rings (SSSR count). The number of amides is 2. The van der Waals surface area contributed by atoms with E-state index in [0.29, 0.717) is 19.2 Å². The summed E-state index contributed by atoms with van der Waals surface area (Å²) in [5.74, 6) is -1.57. The lowest BCUT2D eigenvalue weighted by Crippen LogP contribution is -2.46. The van der Waals surface area contributed by atoms with Crippen LogP contribution in [0.4, 0.5) is 19.3 Å². The number of hydrogen-bond donors (Lipinski definition) is 2. The van der Waals surface area contributed by atoms with Crippen molar-refractivity contribution in [2.75, 3.05) is 25.0 Å². The Morgan fingerprint density at radius 2 is 2.08 bits per heavy atom. The number of piperidine rings is 1. The van der Waals surface area contributed by atoms with Gasteiger partial charge >= 0.3 is 6.03 Å². The first-order chi connectivity index (χ1) is 11.7. The summed E-state index contributed by atoms with van der Waals surface area (Å²) >= 11 is 0. The molecule has 2 N–H and O–H groups in total. The molecule has 1 aromatic carbocycles. The Hall–Kier alpha value is -1.74. The molecule has 0 aliphatic carbocycles. The average Bonchev–Trinajstić information content (AvgIpc) is 2.55. The van der Waals surface area contributed by atoms with Crippen LogP contribution in [0.15, 0.2) is 18.2 Å². The van der Waals surface area contributed by atoms with E-state index in [1.54, 1.807) is 13.8 Å². The largest absolute Gasteiger partial charge is 0.324 e. The zero-order chi connectivity index (χ0) is 18.6. The number of carbonyl (C=O) groups excluding carboxylic acids is 1. The smallest absolute Gasteiger partial charge is 0.321 e. The number of carbonyl (C=O) groups is 1. The first kappa shape index (κ1) is 19.6. The number of hydrogen-bond acceptors (Lipinski definition) is 3. The van der Waals surface area contributed by atoms with Gasteiger partial charge in [0.1, 0.15) is 11.6 Å². The minimum absolute atomic E-state index is 0.00825. The van der Waals surface area contributed by atoms with Gasteiger partial charge in [-0.3, -0.25) is 0 Å². The van der Waals surface area contributed by atoms with Crippen molar-refractivity contribution in [3.63, 3.8) is 0 Å². The Bertz CT molecular complexity index is 725. The van der Waals surface area contributed by atoms with Gasteiger partial charge in [0.05, 0.1) is 10.9 Å². The number of likely N-dealkylation sites (tertiary alicyclic amines) is 1. The van der Waals surface area contributed by atoms with Gasteiger partial charge in [0.2, 0.25) is 10.0 Å². The van der Waals surface area contributed by atoms with Crippen LogP contribution in [-0.2, 0) is 10.0 Å². The monoisotopic (exact) mass is 375 g/mol. The third kappa shape index (κ3) is 5.37. The lowest BCUT2D eigenvalue weighted by Gasteiger charge is -2.33. The molecule has 25 heavy (non-hydrogen) atoms. The van der Waals surface area contributed by atoms with E-state index < -0.39 is 32.9 Å². The molecule has 9 heteroatoms. The Morgan fingerprint density at radius 3 is 2.72 bits per heavy atom. The number of sulfonamides is 1. The van der Waals surface area contributed by atoms with Gasteiger partial charge in [-0.25, -0.2) is 26.7 Å². The fourth-order valence-corrected chi connectivity index (χ4v) is 3.40. The fourth-order valence-electron chi connectivity index (χ4n) is 2.60. The number of benzene rings is 1. The maximum absolute atomic E-state index is 13.6. The van der Waals surface area contributed by atoms with Gasteiger partial charge in [0.15, 0.2) is 0 Å². The predicted molar refractivity (Wildman–Crippen MR) is 91.7 cm³/mol. The van der Waals surface area contributed by atoms with Crippen LogP contribution in [0.3, 0.4) is 0 Å². The summed E-state index contributed by atoms with van der Waals surface area (Å²) in [6.45, 7) is 4.33. The van der Waals surface area contributed by atoms with Gasteiger partial charge in [0, 0.05) is 25.7 Å². The van der Waals surface area contributed by atoms with Gasteiger partial charge in [-0.15, -0.1) is 0 Å². The quantitative estimate of drug-likeness (QED) is 0.830. The third-order valence-electron chi connectivity index (χ3n) is 4.17. The van der Waals surface area contributed by atoms with Crippen LogP contribution in [0.5, 0.6) is 0 Å². The second-order valence-corrected chi connectivity index (χ2v) is 8.77. The topological polar surface area (TPSA) is 78.5 Å². The maximum atomic E-state index is 13.6. The normalized spacial score (nSPS) is 18.4. The van der Waals surface area contributed by atoms with Crippen LogP contribution in [0, 0.1) is 17.6 Å². The van der Waals surface area contributed by atoms with E-state index in [-0.39, 0.29) is 18.2 Å². The molecule has 1 heterocycles. The maximum Gasteiger partial charge on any atom is 0.321 e. The van der Waals surface area contributed by atoms with Crippen molar-refractivity contribution in [2.45, 2.75) is 31.9 Å². The molecule has 1 saturated heterocycles. The lowest BCUT2D eigenvalue weighted by atomic mass is 9.99. The number of anilines is 1. The Morgan fingerprint density at radius 1 is 1.36 bits per heavy atom. The lowest BCUT2D eigenvalue weighted by molar-refractivity contribution is 0.178. The first-order valence-electron chi connectivity index (χ1n) is 8.18. The summed E-state index contributed by atoms with van der Waals surface area (Å²) in [7, 11) is -3.35. The highest BCUT2D eigenvalue weighted by Crippen LogP contribution is 2.19. The molecule has 0 radical (unpaired) electrons.